The van der Waals surface area contributed by atoms with E-state index in [1.54, 1.807) is 13.2 Å². The van der Waals surface area contributed by atoms with Crippen molar-refractivity contribution in [2.24, 2.45) is 0 Å². The van der Waals surface area contributed by atoms with E-state index in [9.17, 15) is 8.42 Å². The van der Waals surface area contributed by atoms with Gasteiger partial charge in [-0.1, -0.05) is 5.16 Å². The van der Waals surface area contributed by atoms with Crippen LogP contribution in [0.4, 0.5) is 0 Å². The minimum Gasteiger partial charge on any atom is -0.384 e. The fourth-order valence-electron chi connectivity index (χ4n) is 1.40. The number of methoxy groups -OCH3 is 1. The number of aromatic nitrogens is 3. The molecule has 0 saturated heterocycles. The van der Waals surface area contributed by atoms with Crippen LogP contribution in [0.5, 0.6) is 0 Å². The highest BCUT2D eigenvalue weighted by molar-refractivity contribution is 7.89. The fourth-order valence-corrected chi connectivity index (χ4v) is 2.34. The smallest absolute Gasteiger partial charge is 0.242 e. The van der Waals surface area contributed by atoms with Crippen molar-refractivity contribution in [2.75, 3.05) is 13.7 Å². The zero-order valence-electron chi connectivity index (χ0n) is 10.8. The van der Waals surface area contributed by atoms with Gasteiger partial charge in [-0.05, 0) is 12.1 Å². The van der Waals surface area contributed by atoms with Gasteiger partial charge in [-0.25, -0.2) is 13.1 Å². The van der Waals surface area contributed by atoms with E-state index < -0.39 is 10.0 Å². The summed E-state index contributed by atoms with van der Waals surface area (Å²) in [6.45, 7) is 0.400. The highest BCUT2D eigenvalue weighted by atomic mass is 32.2. The molecule has 2 aromatic heterocycles. The first kappa shape index (κ1) is 14.6. The SMILES string of the molecule is COCCc1noc(CNS(=O)(=O)c2cccnc2)n1. The maximum atomic E-state index is 11.9. The average molecular weight is 298 g/mol. The topological polar surface area (TPSA) is 107 Å². The second-order valence-corrected chi connectivity index (χ2v) is 5.63. The molecular formula is C11H14N4O4S. The van der Waals surface area contributed by atoms with Crippen LogP contribution in [-0.2, 0) is 27.7 Å². The molecule has 0 spiro atoms. The van der Waals surface area contributed by atoms with Crippen LogP contribution in [0.1, 0.15) is 11.7 Å². The number of pyridine rings is 1. The molecule has 0 aromatic carbocycles. The van der Waals surface area contributed by atoms with Gasteiger partial charge in [-0.3, -0.25) is 4.98 Å². The molecule has 0 aliphatic heterocycles. The van der Waals surface area contributed by atoms with E-state index in [0.717, 1.165) is 0 Å². The first-order chi connectivity index (χ1) is 9.62. The number of nitrogens with zero attached hydrogens (tertiary/aromatic N) is 3. The Balaban J connectivity index is 1.96. The minimum atomic E-state index is -3.63. The van der Waals surface area contributed by atoms with Crippen molar-refractivity contribution >= 4 is 10.0 Å². The van der Waals surface area contributed by atoms with Gasteiger partial charge in [0.05, 0.1) is 13.2 Å². The first-order valence-electron chi connectivity index (χ1n) is 5.82. The molecule has 20 heavy (non-hydrogen) atoms. The molecular weight excluding hydrogens is 284 g/mol. The van der Waals surface area contributed by atoms with Crippen molar-refractivity contribution in [1.29, 1.82) is 0 Å². The van der Waals surface area contributed by atoms with Crippen LogP contribution in [0.25, 0.3) is 0 Å². The molecule has 9 heteroatoms. The second-order valence-electron chi connectivity index (χ2n) is 3.86. The molecule has 8 nitrogen and oxygen atoms in total. The Morgan fingerprint density at radius 2 is 2.30 bits per heavy atom. The van der Waals surface area contributed by atoms with E-state index in [0.29, 0.717) is 18.9 Å². The zero-order chi connectivity index (χ0) is 14.4. The highest BCUT2D eigenvalue weighted by Gasteiger charge is 2.15. The lowest BCUT2D eigenvalue weighted by Gasteiger charge is -2.03. The Morgan fingerprint density at radius 3 is 3.00 bits per heavy atom. The number of hydrogen-bond donors (Lipinski definition) is 1. The predicted molar refractivity (Wildman–Crippen MR) is 68.1 cm³/mol. The van der Waals surface area contributed by atoms with Crippen molar-refractivity contribution in [1.82, 2.24) is 19.8 Å². The lowest BCUT2D eigenvalue weighted by Crippen LogP contribution is -2.23. The third-order valence-electron chi connectivity index (χ3n) is 2.40. The Bertz CT molecular complexity index is 641. The molecule has 0 aliphatic rings. The summed E-state index contributed by atoms with van der Waals surface area (Å²) in [4.78, 5) is 7.89. The van der Waals surface area contributed by atoms with Gasteiger partial charge in [0.1, 0.15) is 4.90 Å². The molecule has 1 N–H and O–H groups in total. The molecule has 2 rings (SSSR count). The van der Waals surface area contributed by atoms with Gasteiger partial charge >= 0.3 is 0 Å². The largest absolute Gasteiger partial charge is 0.384 e. The first-order valence-corrected chi connectivity index (χ1v) is 7.30. The quantitative estimate of drug-likeness (QED) is 0.774. The highest BCUT2D eigenvalue weighted by Crippen LogP contribution is 2.06. The van der Waals surface area contributed by atoms with Crippen molar-refractivity contribution in [2.45, 2.75) is 17.9 Å². The normalized spacial score (nSPS) is 11.7. The number of nitrogens with one attached hydrogen (secondary N) is 1. The minimum absolute atomic E-state index is 0.0722. The van der Waals surface area contributed by atoms with Crippen LogP contribution < -0.4 is 4.72 Å². The van der Waals surface area contributed by atoms with Crippen molar-refractivity contribution in [3.63, 3.8) is 0 Å². The molecule has 108 valence electrons. The maximum Gasteiger partial charge on any atom is 0.242 e. The standard InChI is InChI=1S/C11H14N4O4S/c1-18-6-4-10-14-11(19-15-10)8-13-20(16,17)9-3-2-5-12-7-9/h2-3,5,7,13H,4,6,8H2,1H3. The van der Waals surface area contributed by atoms with E-state index in [1.165, 1.54) is 18.5 Å². The Hall–Kier alpha value is -1.84. The lowest BCUT2D eigenvalue weighted by atomic mass is 10.4. The van der Waals surface area contributed by atoms with Gasteiger partial charge in [0.25, 0.3) is 0 Å². The monoisotopic (exact) mass is 298 g/mol. The maximum absolute atomic E-state index is 11.9. The van der Waals surface area contributed by atoms with Crippen LogP contribution in [0.15, 0.2) is 33.9 Å². The lowest BCUT2D eigenvalue weighted by molar-refractivity contribution is 0.199. The Kier molecular flexibility index (Phi) is 4.77. The predicted octanol–water partition coefficient (Wildman–Crippen LogP) is 0.132. The summed E-state index contributed by atoms with van der Waals surface area (Å²) in [5.41, 5.74) is 0. The van der Waals surface area contributed by atoms with E-state index in [4.69, 9.17) is 9.26 Å². The van der Waals surface area contributed by atoms with Crippen LogP contribution in [0, 0.1) is 0 Å². The van der Waals surface area contributed by atoms with Crippen LogP contribution >= 0.6 is 0 Å². The third-order valence-corrected chi connectivity index (χ3v) is 3.78. The van der Waals surface area contributed by atoms with Crippen LogP contribution in [0.3, 0.4) is 0 Å². The van der Waals surface area contributed by atoms with E-state index in [-0.39, 0.29) is 17.3 Å². The van der Waals surface area contributed by atoms with Gasteiger partial charge < -0.3 is 9.26 Å². The van der Waals surface area contributed by atoms with Gasteiger partial charge in [-0.2, -0.15) is 4.98 Å². The molecule has 0 atom stereocenters. The van der Waals surface area contributed by atoms with Crippen molar-refractivity contribution in [3.05, 3.63) is 36.2 Å². The number of sulfonamides is 1. The van der Waals surface area contributed by atoms with E-state index in [1.807, 2.05) is 0 Å². The molecule has 2 heterocycles. The van der Waals surface area contributed by atoms with Gasteiger partial charge in [0.15, 0.2) is 5.82 Å². The van der Waals surface area contributed by atoms with E-state index >= 15 is 0 Å². The zero-order valence-corrected chi connectivity index (χ0v) is 11.6. The summed E-state index contributed by atoms with van der Waals surface area (Å²) in [5.74, 6) is 0.672. The summed E-state index contributed by atoms with van der Waals surface area (Å²) in [5, 5.41) is 3.71. The van der Waals surface area contributed by atoms with Crippen LogP contribution in [0.2, 0.25) is 0 Å². The van der Waals surface area contributed by atoms with Gasteiger partial charge in [0, 0.05) is 25.9 Å². The van der Waals surface area contributed by atoms with Crippen molar-refractivity contribution < 1.29 is 17.7 Å². The van der Waals surface area contributed by atoms with Crippen LogP contribution in [-0.4, -0.2) is 37.3 Å². The summed E-state index contributed by atoms with van der Waals surface area (Å²) < 4.78 is 36.0. The summed E-state index contributed by atoms with van der Waals surface area (Å²) in [6, 6.07) is 3.00. The fraction of sp³-hybridized carbons (Fsp3) is 0.364. The number of hydrogen-bond acceptors (Lipinski definition) is 7. The van der Waals surface area contributed by atoms with E-state index in [2.05, 4.69) is 19.8 Å². The molecule has 0 saturated carbocycles. The summed E-state index contributed by atoms with van der Waals surface area (Å²) in [6.07, 6.45) is 3.27. The Morgan fingerprint density at radius 1 is 1.45 bits per heavy atom. The molecule has 0 bridgehead atoms. The second kappa shape index (κ2) is 6.55. The molecule has 0 unspecified atom stereocenters. The molecule has 2 aromatic rings. The summed E-state index contributed by atoms with van der Waals surface area (Å²) >= 11 is 0. The Labute approximate surface area is 116 Å². The third kappa shape index (κ3) is 3.83. The number of ether oxygens (including phenoxy) is 1. The molecule has 0 aliphatic carbocycles. The van der Waals surface area contributed by atoms with Gasteiger partial charge in [0.2, 0.25) is 15.9 Å². The molecule has 0 fully saturated rings. The molecule has 0 radical (unpaired) electrons. The van der Waals surface area contributed by atoms with Gasteiger partial charge in [-0.15, -0.1) is 0 Å². The molecule has 0 amide bonds. The summed E-state index contributed by atoms with van der Waals surface area (Å²) in [7, 11) is -2.06. The number of rotatable bonds is 7. The average Bonchev–Trinajstić information content (AvgIpc) is 2.92. The van der Waals surface area contributed by atoms with Crippen molar-refractivity contribution in [3.8, 4) is 0 Å².